The molecule has 1 unspecified atom stereocenters. The fraction of sp³-hybridized carbons (Fsp3) is 0.526. The van der Waals surface area contributed by atoms with Gasteiger partial charge in [0.25, 0.3) is 5.56 Å². The van der Waals surface area contributed by atoms with Crippen molar-refractivity contribution in [3.63, 3.8) is 0 Å². The van der Waals surface area contributed by atoms with Crippen LogP contribution < -0.4 is 5.56 Å². The highest BCUT2D eigenvalue weighted by Crippen LogP contribution is 2.16. The first kappa shape index (κ1) is 17.6. The van der Waals surface area contributed by atoms with Gasteiger partial charge in [-0.2, -0.15) is 0 Å². The number of benzene rings is 1. The van der Waals surface area contributed by atoms with Crippen molar-refractivity contribution in [3.05, 3.63) is 40.9 Å². The highest BCUT2D eigenvalue weighted by Gasteiger charge is 2.20. The van der Waals surface area contributed by atoms with E-state index in [1.54, 1.807) is 6.07 Å². The number of carbonyl (C=O) groups is 1. The standard InChI is InChI=1S/C19H26N4O2/c1-21-10-5-6-15(12-21)13-22(2)18(24)9-11-23-14-20-17-8-4-3-7-16(17)19(23)25/h3-4,7-8,14-15H,5-6,9-13H2,1-2H3. The molecule has 25 heavy (non-hydrogen) atoms. The average molecular weight is 342 g/mol. The molecule has 0 radical (unpaired) electrons. The third-order valence-corrected chi connectivity index (χ3v) is 4.98. The smallest absolute Gasteiger partial charge is 0.261 e. The van der Waals surface area contributed by atoms with Crippen LogP contribution in [0.2, 0.25) is 0 Å². The zero-order valence-corrected chi connectivity index (χ0v) is 15.0. The van der Waals surface area contributed by atoms with E-state index in [0.717, 1.165) is 19.6 Å². The average Bonchev–Trinajstić information content (AvgIpc) is 2.61. The van der Waals surface area contributed by atoms with Gasteiger partial charge >= 0.3 is 0 Å². The lowest BCUT2D eigenvalue weighted by Gasteiger charge is -2.32. The van der Waals surface area contributed by atoms with Crippen LogP contribution in [0, 0.1) is 5.92 Å². The van der Waals surface area contributed by atoms with Crippen LogP contribution in [0.5, 0.6) is 0 Å². The molecule has 0 bridgehead atoms. The summed E-state index contributed by atoms with van der Waals surface area (Å²) in [5.41, 5.74) is 0.601. The maximum Gasteiger partial charge on any atom is 0.261 e. The maximum absolute atomic E-state index is 12.5. The lowest BCUT2D eigenvalue weighted by molar-refractivity contribution is -0.130. The topological polar surface area (TPSA) is 58.4 Å². The van der Waals surface area contributed by atoms with Crippen LogP contribution in [0.15, 0.2) is 35.4 Å². The fourth-order valence-electron chi connectivity index (χ4n) is 3.58. The summed E-state index contributed by atoms with van der Waals surface area (Å²) in [6, 6.07) is 7.28. The molecule has 1 saturated heterocycles. The second-order valence-corrected chi connectivity index (χ2v) is 7.06. The third kappa shape index (κ3) is 4.25. The number of carbonyl (C=O) groups excluding carboxylic acids is 1. The first-order valence-corrected chi connectivity index (χ1v) is 8.91. The summed E-state index contributed by atoms with van der Waals surface area (Å²) in [6.45, 7) is 3.34. The minimum Gasteiger partial charge on any atom is -0.345 e. The maximum atomic E-state index is 12.5. The minimum atomic E-state index is -0.0880. The van der Waals surface area contributed by atoms with E-state index >= 15 is 0 Å². The molecule has 1 aliphatic rings. The van der Waals surface area contributed by atoms with Crippen LogP contribution in [-0.4, -0.2) is 59.0 Å². The Balaban J connectivity index is 1.58. The van der Waals surface area contributed by atoms with Gasteiger partial charge < -0.3 is 9.80 Å². The normalized spacial score (nSPS) is 18.4. The summed E-state index contributed by atoms with van der Waals surface area (Å²) in [6.07, 6.45) is 4.23. The predicted molar refractivity (Wildman–Crippen MR) is 98.5 cm³/mol. The molecule has 3 rings (SSSR count). The molecule has 1 aromatic carbocycles. The number of fused-ring (bicyclic) bond motifs is 1. The molecule has 6 heteroatoms. The van der Waals surface area contributed by atoms with E-state index in [2.05, 4.69) is 16.9 Å². The summed E-state index contributed by atoms with van der Waals surface area (Å²) >= 11 is 0. The lowest BCUT2D eigenvalue weighted by atomic mass is 9.98. The molecular weight excluding hydrogens is 316 g/mol. The van der Waals surface area contributed by atoms with Crippen molar-refractivity contribution < 1.29 is 4.79 Å². The number of amides is 1. The van der Waals surface area contributed by atoms with Crippen LogP contribution >= 0.6 is 0 Å². The molecule has 1 aromatic heterocycles. The molecule has 2 heterocycles. The van der Waals surface area contributed by atoms with Crippen molar-refractivity contribution in [2.75, 3.05) is 33.7 Å². The Morgan fingerprint density at radius 3 is 2.96 bits per heavy atom. The highest BCUT2D eigenvalue weighted by atomic mass is 16.2. The van der Waals surface area contributed by atoms with Gasteiger partial charge in [0.15, 0.2) is 0 Å². The van der Waals surface area contributed by atoms with Crippen LogP contribution in [0.25, 0.3) is 10.9 Å². The number of piperidine rings is 1. The van der Waals surface area contributed by atoms with Gasteiger partial charge in [-0.15, -0.1) is 0 Å². The predicted octanol–water partition coefficient (Wildman–Crippen LogP) is 1.59. The first-order chi connectivity index (χ1) is 12.0. The molecule has 1 amide bonds. The van der Waals surface area contributed by atoms with E-state index in [4.69, 9.17) is 0 Å². The monoisotopic (exact) mass is 342 g/mol. The molecule has 0 aliphatic carbocycles. The quantitative estimate of drug-likeness (QED) is 0.828. The second kappa shape index (κ2) is 7.78. The zero-order valence-electron chi connectivity index (χ0n) is 15.0. The minimum absolute atomic E-state index is 0.0771. The molecular formula is C19H26N4O2. The van der Waals surface area contributed by atoms with Crippen molar-refractivity contribution in [1.29, 1.82) is 0 Å². The molecule has 2 aromatic rings. The molecule has 6 nitrogen and oxygen atoms in total. The van der Waals surface area contributed by atoms with Gasteiger partial charge in [0.1, 0.15) is 0 Å². The Kier molecular flexibility index (Phi) is 5.48. The summed E-state index contributed by atoms with van der Waals surface area (Å²) < 4.78 is 1.53. The Bertz CT molecular complexity index is 801. The molecule has 1 aliphatic heterocycles. The van der Waals surface area contributed by atoms with Crippen LogP contribution in [0.3, 0.4) is 0 Å². The zero-order chi connectivity index (χ0) is 17.8. The lowest BCUT2D eigenvalue weighted by Crippen LogP contribution is -2.40. The van der Waals surface area contributed by atoms with E-state index in [1.165, 1.54) is 23.7 Å². The fourth-order valence-corrected chi connectivity index (χ4v) is 3.58. The molecule has 0 N–H and O–H groups in total. The number of hydrogen-bond donors (Lipinski definition) is 0. The van der Waals surface area contributed by atoms with Gasteiger partial charge in [0.05, 0.1) is 17.2 Å². The van der Waals surface area contributed by atoms with Gasteiger partial charge in [-0.1, -0.05) is 12.1 Å². The summed E-state index contributed by atoms with van der Waals surface area (Å²) in [4.78, 5) is 33.3. The Hall–Kier alpha value is -2.21. The number of aromatic nitrogens is 2. The molecule has 0 saturated carbocycles. The highest BCUT2D eigenvalue weighted by molar-refractivity contribution is 5.77. The van der Waals surface area contributed by atoms with E-state index in [0.29, 0.717) is 29.8 Å². The van der Waals surface area contributed by atoms with E-state index in [1.807, 2.05) is 30.1 Å². The molecule has 1 fully saturated rings. The largest absolute Gasteiger partial charge is 0.345 e. The van der Waals surface area contributed by atoms with Gasteiger partial charge in [-0.3, -0.25) is 14.2 Å². The molecule has 0 spiro atoms. The van der Waals surface area contributed by atoms with Crippen LogP contribution in [0.4, 0.5) is 0 Å². The Labute approximate surface area is 148 Å². The molecule has 1 atom stereocenters. The number of para-hydroxylation sites is 1. The number of nitrogens with zero attached hydrogens (tertiary/aromatic N) is 4. The first-order valence-electron chi connectivity index (χ1n) is 8.91. The van der Waals surface area contributed by atoms with E-state index in [-0.39, 0.29) is 11.5 Å². The van der Waals surface area contributed by atoms with Gasteiger partial charge in [-0.25, -0.2) is 4.98 Å². The van der Waals surface area contributed by atoms with Crippen LogP contribution in [-0.2, 0) is 11.3 Å². The van der Waals surface area contributed by atoms with E-state index in [9.17, 15) is 9.59 Å². The summed E-state index contributed by atoms with van der Waals surface area (Å²) in [5, 5.41) is 0.594. The number of aryl methyl sites for hydroxylation is 1. The SMILES string of the molecule is CN1CCCC(CN(C)C(=O)CCn2cnc3ccccc3c2=O)C1. The van der Waals surface area contributed by atoms with Gasteiger partial charge in [-0.05, 0) is 44.5 Å². The van der Waals surface area contributed by atoms with Crippen LogP contribution in [0.1, 0.15) is 19.3 Å². The van der Waals surface area contributed by atoms with Crippen molar-refractivity contribution in [1.82, 2.24) is 19.4 Å². The summed E-state index contributed by atoms with van der Waals surface area (Å²) in [5.74, 6) is 0.617. The second-order valence-electron chi connectivity index (χ2n) is 7.06. The number of hydrogen-bond acceptors (Lipinski definition) is 4. The molecule has 134 valence electrons. The van der Waals surface area contributed by atoms with Crippen molar-refractivity contribution in [3.8, 4) is 0 Å². The Morgan fingerprint density at radius 1 is 1.36 bits per heavy atom. The number of rotatable bonds is 5. The van der Waals surface area contributed by atoms with Crippen molar-refractivity contribution in [2.45, 2.75) is 25.8 Å². The van der Waals surface area contributed by atoms with Gasteiger partial charge in [0, 0.05) is 33.1 Å². The van der Waals surface area contributed by atoms with Crippen molar-refractivity contribution >= 4 is 16.8 Å². The Morgan fingerprint density at radius 2 is 2.16 bits per heavy atom. The van der Waals surface area contributed by atoms with Crippen molar-refractivity contribution in [2.24, 2.45) is 5.92 Å². The van der Waals surface area contributed by atoms with E-state index < -0.39 is 0 Å². The van der Waals surface area contributed by atoms with Gasteiger partial charge in [0.2, 0.25) is 5.91 Å². The summed E-state index contributed by atoms with van der Waals surface area (Å²) in [7, 11) is 3.99. The number of likely N-dealkylation sites (tertiary alicyclic amines) is 1. The third-order valence-electron chi connectivity index (χ3n) is 4.98.